The van der Waals surface area contributed by atoms with Gasteiger partial charge in [0.05, 0.1) is 23.8 Å². The highest BCUT2D eigenvalue weighted by Gasteiger charge is 2.50. The van der Waals surface area contributed by atoms with E-state index in [4.69, 9.17) is 20.2 Å². The summed E-state index contributed by atoms with van der Waals surface area (Å²) in [5.41, 5.74) is 12.6. The zero-order valence-electron chi connectivity index (χ0n) is 24.3. The second kappa shape index (κ2) is 10.6. The fourth-order valence-electron chi connectivity index (χ4n) is 8.58. The number of fused-ring (bicyclic) bond motifs is 3. The highest BCUT2D eigenvalue weighted by atomic mass is 19.1. The van der Waals surface area contributed by atoms with Crippen molar-refractivity contribution in [3.05, 3.63) is 40.1 Å². The van der Waals surface area contributed by atoms with E-state index in [0.29, 0.717) is 32.2 Å². The molecule has 5 atom stereocenters. The van der Waals surface area contributed by atoms with Crippen LogP contribution in [-0.2, 0) is 21.5 Å². The number of hydrogen-bond acceptors (Lipinski definition) is 8. The van der Waals surface area contributed by atoms with Gasteiger partial charge in [0, 0.05) is 55.4 Å². The summed E-state index contributed by atoms with van der Waals surface area (Å²) in [6.45, 7) is 6.26. The Labute approximate surface area is 242 Å². The van der Waals surface area contributed by atoms with Crippen LogP contribution in [0.25, 0.3) is 0 Å². The maximum Gasteiger partial charge on any atom is 0.290 e. The number of nitrogens with one attached hydrogen (secondary N) is 1. The molecule has 0 radical (unpaired) electrons. The van der Waals surface area contributed by atoms with E-state index >= 15 is 0 Å². The third-order valence-electron chi connectivity index (χ3n) is 10.7. The average molecular weight is 563 g/mol. The normalized spacial score (nSPS) is 35.6. The number of halogens is 1. The molecule has 41 heavy (non-hydrogen) atoms. The van der Waals surface area contributed by atoms with Crippen LogP contribution in [0.2, 0.25) is 0 Å². The van der Waals surface area contributed by atoms with Crippen molar-refractivity contribution >= 4 is 11.7 Å². The minimum atomic E-state index is -0.787. The third kappa shape index (κ3) is 4.82. The predicted molar refractivity (Wildman–Crippen MR) is 156 cm³/mol. The maximum atomic E-state index is 14.5. The molecular weight excluding hydrogens is 519 g/mol. The van der Waals surface area contributed by atoms with E-state index in [1.165, 1.54) is 16.7 Å². The predicted octanol–water partition coefficient (Wildman–Crippen LogP) is 4.29. The summed E-state index contributed by atoms with van der Waals surface area (Å²) in [6.07, 6.45) is 8.16. The van der Waals surface area contributed by atoms with Crippen molar-refractivity contribution < 1.29 is 13.9 Å². The van der Waals surface area contributed by atoms with Crippen LogP contribution in [0.4, 0.5) is 10.1 Å². The lowest BCUT2D eigenvalue weighted by Gasteiger charge is -2.46. The first-order chi connectivity index (χ1) is 19.9. The van der Waals surface area contributed by atoms with Crippen LogP contribution in [0.3, 0.4) is 0 Å². The van der Waals surface area contributed by atoms with Crippen LogP contribution in [-0.4, -0.2) is 73.1 Å². The van der Waals surface area contributed by atoms with Crippen molar-refractivity contribution in [1.29, 1.82) is 5.26 Å². The number of aliphatic imine (C=N–C) groups is 1. The summed E-state index contributed by atoms with van der Waals surface area (Å²) in [5.74, 6) is 0.0941. The Morgan fingerprint density at radius 1 is 1.22 bits per heavy atom. The monoisotopic (exact) mass is 562 g/mol. The van der Waals surface area contributed by atoms with Gasteiger partial charge in [0.25, 0.3) is 6.02 Å². The fourth-order valence-corrected chi connectivity index (χ4v) is 8.58. The van der Waals surface area contributed by atoms with Crippen molar-refractivity contribution in [3.63, 3.8) is 0 Å². The number of aryl methyl sites for hydroxylation is 1. The second-order valence-electron chi connectivity index (χ2n) is 13.3. The number of nitrogens with two attached hydrogens (primary N) is 1. The minimum absolute atomic E-state index is 0.0941. The Balaban J connectivity index is 1.19. The minimum Gasteiger partial charge on any atom is -0.463 e. The van der Waals surface area contributed by atoms with Crippen molar-refractivity contribution in [3.8, 4) is 6.07 Å². The molecule has 0 bridgehead atoms. The summed E-state index contributed by atoms with van der Waals surface area (Å²) >= 11 is 0. The van der Waals surface area contributed by atoms with Gasteiger partial charge in [0.15, 0.2) is 0 Å². The van der Waals surface area contributed by atoms with Crippen molar-refractivity contribution in [2.45, 2.75) is 94.6 Å². The molecule has 1 spiro atoms. The highest BCUT2D eigenvalue weighted by Crippen LogP contribution is 2.48. The molecule has 3 N–H and O–H groups in total. The van der Waals surface area contributed by atoms with Gasteiger partial charge in [0.2, 0.25) is 0 Å². The van der Waals surface area contributed by atoms with Gasteiger partial charge in [0.1, 0.15) is 18.9 Å². The van der Waals surface area contributed by atoms with Crippen LogP contribution < -0.4 is 11.1 Å². The van der Waals surface area contributed by atoms with E-state index in [0.717, 1.165) is 94.4 Å². The number of ether oxygens (including phenoxy) is 2. The number of anilines is 1. The lowest BCUT2D eigenvalue weighted by Crippen LogP contribution is -2.51. The molecule has 6 aliphatic rings. The van der Waals surface area contributed by atoms with Gasteiger partial charge in [-0.2, -0.15) is 5.26 Å². The van der Waals surface area contributed by atoms with Gasteiger partial charge >= 0.3 is 0 Å². The number of nitrogens with zero attached hydrogens (tertiary/aromatic N) is 4. The summed E-state index contributed by atoms with van der Waals surface area (Å²) in [7, 11) is 0. The first-order valence-electron chi connectivity index (χ1n) is 15.6. The molecule has 5 aliphatic heterocycles. The molecule has 220 valence electrons. The Bertz CT molecular complexity index is 1310. The molecule has 0 aromatic heterocycles. The largest absolute Gasteiger partial charge is 0.463 e. The molecule has 1 aliphatic carbocycles. The molecule has 7 rings (SSSR count). The van der Waals surface area contributed by atoms with Crippen LogP contribution in [0.1, 0.15) is 74.5 Å². The van der Waals surface area contributed by atoms with Gasteiger partial charge < -0.3 is 20.5 Å². The summed E-state index contributed by atoms with van der Waals surface area (Å²) < 4.78 is 27.8. The third-order valence-corrected chi connectivity index (χ3v) is 10.7. The van der Waals surface area contributed by atoms with Crippen molar-refractivity contribution in [1.82, 2.24) is 15.1 Å². The number of nitrogen functional groups attached to an aromatic ring is 1. The van der Waals surface area contributed by atoms with E-state index in [2.05, 4.69) is 40.2 Å². The van der Waals surface area contributed by atoms with Gasteiger partial charge in [-0.15, -0.1) is 0 Å². The van der Waals surface area contributed by atoms with Gasteiger partial charge in [-0.3, -0.25) is 9.80 Å². The molecule has 8 nitrogen and oxygen atoms in total. The molecule has 9 heteroatoms. The maximum absolute atomic E-state index is 14.5. The SMILES string of the molecule is Cc1cc(N)cc2c1CCC[C@]21CC2=C(CO1)C(N1CCC[C@H](C#N)CC1)N=C(OCC13CCCN1C[C@H](F)C3)N2. The number of rotatable bonds is 3. The zero-order chi connectivity index (χ0) is 28.2. The molecule has 5 heterocycles. The standard InChI is InChI=1S/C32H43FN6O2/c1-21-13-24(35)14-27-25(21)6-2-9-32(27)16-28-26(19-41-32)29(38-10-3-5-22(17-34)7-12-38)37-30(36-28)40-20-31-8-4-11-39(31)18-23(33)15-31/h13-14,22-23,29H,2-12,15-16,18-20,35H2,1H3,(H,36,37)/t22-,23+,29?,31?,32-/m0/s1. The Hall–Kier alpha value is -2.67. The van der Waals surface area contributed by atoms with E-state index in [-0.39, 0.29) is 17.6 Å². The topological polar surface area (TPSA) is 99.1 Å². The quantitative estimate of drug-likeness (QED) is 0.531. The van der Waals surface area contributed by atoms with Crippen LogP contribution in [0.15, 0.2) is 28.4 Å². The molecule has 0 amide bonds. The molecule has 0 saturated carbocycles. The van der Waals surface area contributed by atoms with E-state index < -0.39 is 11.8 Å². The number of hydrogen-bond donors (Lipinski definition) is 2. The Kier molecular flexibility index (Phi) is 7.00. The molecule has 3 fully saturated rings. The molecule has 1 aromatic rings. The van der Waals surface area contributed by atoms with E-state index in [1.807, 2.05) is 0 Å². The lowest BCUT2D eigenvalue weighted by molar-refractivity contribution is -0.0678. The summed E-state index contributed by atoms with van der Waals surface area (Å²) in [6, 6.07) is 7.22. The fraction of sp³-hybridized carbons (Fsp3) is 0.688. The highest BCUT2D eigenvalue weighted by molar-refractivity contribution is 5.78. The number of benzene rings is 1. The second-order valence-corrected chi connectivity index (χ2v) is 13.3. The number of likely N-dealkylation sites (tertiary alicyclic amines) is 1. The van der Waals surface area contributed by atoms with Crippen LogP contribution >= 0.6 is 0 Å². The van der Waals surface area contributed by atoms with Crippen LogP contribution in [0, 0.1) is 24.2 Å². The first-order valence-corrected chi connectivity index (χ1v) is 15.6. The van der Waals surface area contributed by atoms with Gasteiger partial charge in [-0.25, -0.2) is 9.38 Å². The lowest BCUT2D eigenvalue weighted by atomic mass is 9.73. The van der Waals surface area contributed by atoms with Crippen molar-refractivity contribution in [2.75, 3.05) is 45.1 Å². The first kappa shape index (κ1) is 27.2. The molecule has 1 aromatic carbocycles. The summed E-state index contributed by atoms with van der Waals surface area (Å²) in [4.78, 5) is 9.83. The Morgan fingerprint density at radius 3 is 3.00 bits per heavy atom. The average Bonchev–Trinajstić information content (AvgIpc) is 3.36. The van der Waals surface area contributed by atoms with Crippen molar-refractivity contribution in [2.24, 2.45) is 10.9 Å². The van der Waals surface area contributed by atoms with E-state index in [1.54, 1.807) is 0 Å². The molecular formula is C32H43FN6O2. The Morgan fingerprint density at radius 2 is 2.12 bits per heavy atom. The number of amidine groups is 1. The number of nitriles is 1. The van der Waals surface area contributed by atoms with E-state index in [9.17, 15) is 9.65 Å². The van der Waals surface area contributed by atoms with Gasteiger partial charge in [-0.05, 0) is 93.7 Å². The smallest absolute Gasteiger partial charge is 0.290 e. The molecule has 2 unspecified atom stereocenters. The summed E-state index contributed by atoms with van der Waals surface area (Å²) in [5, 5.41) is 13.2. The van der Waals surface area contributed by atoms with Gasteiger partial charge in [-0.1, -0.05) is 0 Å². The zero-order valence-corrected chi connectivity index (χ0v) is 24.3. The number of alkyl halides is 1. The molecule has 3 saturated heterocycles. The van der Waals surface area contributed by atoms with Crippen LogP contribution in [0.5, 0.6) is 0 Å².